The molecule has 3 heteroatoms. The SMILES string of the molecule is c1ccc(-c2nc(-c3ccc(-c4cccc5c4c4ccccc4n5-c4ccccc4)cc3)cc(-c3ccc(-c4c5ccccc5cc5c4ccc4ccccc45)c4ccccc34)n2)cc1. The lowest BCUT2D eigenvalue weighted by Gasteiger charge is -2.17. The van der Waals surface area contributed by atoms with Crippen molar-refractivity contribution in [2.75, 3.05) is 0 Å². The number of nitrogens with zero attached hydrogens (tertiary/aromatic N) is 3. The summed E-state index contributed by atoms with van der Waals surface area (Å²) >= 11 is 0. The summed E-state index contributed by atoms with van der Waals surface area (Å²) in [4.78, 5) is 10.6. The van der Waals surface area contributed by atoms with Crippen molar-refractivity contribution in [3.63, 3.8) is 0 Å². The highest BCUT2D eigenvalue weighted by Gasteiger charge is 2.20. The lowest BCUT2D eigenvalue weighted by atomic mass is 9.86. The van der Waals surface area contributed by atoms with Crippen molar-refractivity contribution >= 4 is 64.9 Å². The molecule has 65 heavy (non-hydrogen) atoms. The van der Waals surface area contributed by atoms with Crippen molar-refractivity contribution in [1.29, 1.82) is 0 Å². The van der Waals surface area contributed by atoms with Crippen molar-refractivity contribution in [3.8, 4) is 61.8 Å². The highest BCUT2D eigenvalue weighted by molar-refractivity contribution is 6.23. The van der Waals surface area contributed by atoms with Crippen LogP contribution in [0.5, 0.6) is 0 Å². The van der Waals surface area contributed by atoms with Gasteiger partial charge in [0.15, 0.2) is 5.82 Å². The van der Waals surface area contributed by atoms with Crippen molar-refractivity contribution in [2.45, 2.75) is 0 Å². The normalized spacial score (nSPS) is 11.7. The van der Waals surface area contributed by atoms with Crippen LogP contribution in [0.3, 0.4) is 0 Å². The van der Waals surface area contributed by atoms with Crippen LogP contribution in [0.15, 0.2) is 237 Å². The smallest absolute Gasteiger partial charge is 0.160 e. The molecule has 13 aromatic rings. The van der Waals surface area contributed by atoms with Gasteiger partial charge in [-0.05, 0) is 102 Å². The molecule has 0 aliphatic heterocycles. The third kappa shape index (κ3) is 6.05. The predicted molar refractivity (Wildman–Crippen MR) is 274 cm³/mol. The number of aromatic nitrogens is 3. The van der Waals surface area contributed by atoms with Gasteiger partial charge in [-0.1, -0.05) is 200 Å². The van der Waals surface area contributed by atoms with E-state index in [1.165, 1.54) is 76.2 Å². The zero-order valence-electron chi connectivity index (χ0n) is 35.4. The fourth-order valence-electron chi connectivity index (χ4n) is 10.2. The Morgan fingerprint density at radius 1 is 0.292 bits per heavy atom. The zero-order valence-corrected chi connectivity index (χ0v) is 35.4. The average molecular weight is 826 g/mol. The molecule has 2 aromatic heterocycles. The van der Waals surface area contributed by atoms with Gasteiger partial charge in [0.25, 0.3) is 0 Å². The zero-order chi connectivity index (χ0) is 42.8. The Hall–Kier alpha value is -8.66. The van der Waals surface area contributed by atoms with Crippen LogP contribution >= 0.6 is 0 Å². The molecular formula is C62H39N3. The van der Waals surface area contributed by atoms with Crippen LogP contribution in [0, 0.1) is 0 Å². The first kappa shape index (κ1) is 36.9. The minimum atomic E-state index is 0.695. The molecule has 0 aliphatic rings. The van der Waals surface area contributed by atoms with E-state index in [0.717, 1.165) is 44.7 Å². The number of benzene rings is 11. The Morgan fingerprint density at radius 3 is 1.69 bits per heavy atom. The Kier molecular flexibility index (Phi) is 8.53. The number of hydrogen-bond acceptors (Lipinski definition) is 2. The fraction of sp³-hybridized carbons (Fsp3) is 0. The van der Waals surface area contributed by atoms with Crippen molar-refractivity contribution in [3.05, 3.63) is 237 Å². The maximum Gasteiger partial charge on any atom is 0.160 e. The van der Waals surface area contributed by atoms with E-state index < -0.39 is 0 Å². The van der Waals surface area contributed by atoms with Crippen molar-refractivity contribution in [1.82, 2.24) is 14.5 Å². The summed E-state index contributed by atoms with van der Waals surface area (Å²) in [5, 5.41) is 12.3. The van der Waals surface area contributed by atoms with E-state index in [1.807, 2.05) is 6.07 Å². The summed E-state index contributed by atoms with van der Waals surface area (Å²) in [5.41, 5.74) is 13.2. The molecule has 0 saturated carbocycles. The lowest BCUT2D eigenvalue weighted by Crippen LogP contribution is -1.97. The van der Waals surface area contributed by atoms with E-state index in [2.05, 4.69) is 235 Å². The molecule has 2 heterocycles. The van der Waals surface area contributed by atoms with E-state index in [-0.39, 0.29) is 0 Å². The number of rotatable bonds is 6. The quantitative estimate of drug-likeness (QED) is 0.123. The van der Waals surface area contributed by atoms with Crippen LogP contribution in [-0.4, -0.2) is 14.5 Å². The third-order valence-electron chi connectivity index (χ3n) is 13.2. The molecule has 0 N–H and O–H groups in total. The Balaban J connectivity index is 0.970. The first-order chi connectivity index (χ1) is 32.2. The van der Waals surface area contributed by atoms with Gasteiger partial charge in [-0.15, -0.1) is 0 Å². The van der Waals surface area contributed by atoms with Gasteiger partial charge in [0.2, 0.25) is 0 Å². The Morgan fingerprint density at radius 2 is 0.892 bits per heavy atom. The van der Waals surface area contributed by atoms with E-state index in [0.29, 0.717) is 5.82 Å². The maximum atomic E-state index is 5.33. The summed E-state index contributed by atoms with van der Waals surface area (Å²) in [6.07, 6.45) is 0. The van der Waals surface area contributed by atoms with Crippen LogP contribution in [0.1, 0.15) is 0 Å². The molecule has 0 fully saturated rings. The minimum absolute atomic E-state index is 0.695. The van der Waals surface area contributed by atoms with Gasteiger partial charge in [-0.3, -0.25) is 0 Å². The van der Waals surface area contributed by atoms with Gasteiger partial charge in [0, 0.05) is 33.2 Å². The van der Waals surface area contributed by atoms with Crippen LogP contribution < -0.4 is 0 Å². The summed E-state index contributed by atoms with van der Waals surface area (Å²) in [5.74, 6) is 0.695. The van der Waals surface area contributed by atoms with E-state index >= 15 is 0 Å². The van der Waals surface area contributed by atoms with Gasteiger partial charge in [0.1, 0.15) is 0 Å². The van der Waals surface area contributed by atoms with Crippen molar-refractivity contribution < 1.29 is 0 Å². The third-order valence-corrected chi connectivity index (χ3v) is 13.2. The molecule has 0 saturated heterocycles. The Labute approximate surface area is 376 Å². The number of para-hydroxylation sites is 2. The molecule has 3 nitrogen and oxygen atoms in total. The second-order valence-electron chi connectivity index (χ2n) is 16.9. The molecule has 0 radical (unpaired) electrons. The second kappa shape index (κ2) is 15.0. The average Bonchev–Trinajstić information content (AvgIpc) is 3.73. The lowest BCUT2D eigenvalue weighted by molar-refractivity contribution is 1.18. The van der Waals surface area contributed by atoms with E-state index in [4.69, 9.17) is 9.97 Å². The van der Waals surface area contributed by atoms with E-state index in [1.54, 1.807) is 0 Å². The van der Waals surface area contributed by atoms with Gasteiger partial charge in [0.05, 0.1) is 22.4 Å². The summed E-state index contributed by atoms with van der Waals surface area (Å²) in [6, 6.07) is 85.2. The largest absolute Gasteiger partial charge is 0.309 e. The molecule has 302 valence electrons. The topological polar surface area (TPSA) is 30.7 Å². The van der Waals surface area contributed by atoms with Gasteiger partial charge >= 0.3 is 0 Å². The maximum absolute atomic E-state index is 5.33. The van der Waals surface area contributed by atoms with E-state index in [9.17, 15) is 0 Å². The summed E-state index contributed by atoms with van der Waals surface area (Å²) in [7, 11) is 0. The minimum Gasteiger partial charge on any atom is -0.309 e. The Bertz CT molecular complexity index is 3980. The molecular weight excluding hydrogens is 787 g/mol. The summed E-state index contributed by atoms with van der Waals surface area (Å²) < 4.78 is 2.37. The van der Waals surface area contributed by atoms with Gasteiger partial charge < -0.3 is 4.57 Å². The molecule has 0 atom stereocenters. The van der Waals surface area contributed by atoms with Gasteiger partial charge in [-0.2, -0.15) is 0 Å². The monoisotopic (exact) mass is 825 g/mol. The standard InChI is InChI=1S/C62H39N3/c1-3-17-43(18-4-1)62-63-56(42-32-30-41(31-33-42)47-27-15-29-59-61(47)54-26-13-14-28-58(54)65(59)45-20-5-2-6-21-45)39-57(64-62)51-36-37-52(50-25-12-11-24-49(50)51)60-48-23-10-8-19-44(48)38-55-46-22-9-7-16-40(46)34-35-53(55)60/h1-39H. The van der Waals surface area contributed by atoms with Crippen LogP contribution in [0.2, 0.25) is 0 Å². The molecule has 13 rings (SSSR count). The molecule has 0 aliphatic carbocycles. The molecule has 0 amide bonds. The van der Waals surface area contributed by atoms with Crippen LogP contribution in [0.4, 0.5) is 0 Å². The molecule has 0 bridgehead atoms. The first-order valence-electron chi connectivity index (χ1n) is 22.2. The first-order valence-corrected chi connectivity index (χ1v) is 22.2. The molecule has 11 aromatic carbocycles. The highest BCUT2D eigenvalue weighted by atomic mass is 15.0. The molecule has 0 spiro atoms. The number of fused-ring (bicyclic) bond motifs is 8. The van der Waals surface area contributed by atoms with Crippen LogP contribution in [-0.2, 0) is 0 Å². The fourth-order valence-corrected chi connectivity index (χ4v) is 10.2. The summed E-state index contributed by atoms with van der Waals surface area (Å²) in [6.45, 7) is 0. The van der Waals surface area contributed by atoms with Crippen molar-refractivity contribution in [2.24, 2.45) is 0 Å². The second-order valence-corrected chi connectivity index (χ2v) is 16.9. The van der Waals surface area contributed by atoms with Gasteiger partial charge in [-0.25, -0.2) is 9.97 Å². The van der Waals surface area contributed by atoms with Crippen LogP contribution in [0.25, 0.3) is 127 Å². The predicted octanol–water partition coefficient (Wildman–Crippen LogP) is 16.5. The highest BCUT2D eigenvalue weighted by Crippen LogP contribution is 2.44. The number of hydrogen-bond donors (Lipinski definition) is 0. The molecule has 0 unspecified atom stereocenters.